The minimum absolute atomic E-state index is 0.454. The van der Waals surface area contributed by atoms with Crippen molar-refractivity contribution in [1.82, 2.24) is 9.78 Å². The maximum Gasteiger partial charge on any atom is 0.133 e. The van der Waals surface area contributed by atoms with Crippen LogP contribution in [0, 0.1) is 0 Å². The molecule has 102 valence electrons. The van der Waals surface area contributed by atoms with Gasteiger partial charge in [0.25, 0.3) is 0 Å². The van der Waals surface area contributed by atoms with Gasteiger partial charge in [-0.3, -0.25) is 4.68 Å². The predicted molar refractivity (Wildman–Crippen MR) is 81.2 cm³/mol. The smallest absolute Gasteiger partial charge is 0.133 e. The summed E-state index contributed by atoms with van der Waals surface area (Å²) in [5.74, 6) is 0.796. The molecule has 0 amide bonds. The van der Waals surface area contributed by atoms with E-state index in [1.807, 2.05) is 41.1 Å². The van der Waals surface area contributed by atoms with Crippen LogP contribution in [0.2, 0.25) is 5.02 Å². The molecule has 2 aromatic carbocycles. The van der Waals surface area contributed by atoms with Crippen molar-refractivity contribution in [3.8, 4) is 5.75 Å². The van der Waals surface area contributed by atoms with Gasteiger partial charge in [0.05, 0.1) is 5.52 Å². The highest BCUT2D eigenvalue weighted by Crippen LogP contribution is 2.21. The number of aryl methyl sites for hydroxylation is 1. The maximum atomic E-state index is 5.86. The summed E-state index contributed by atoms with van der Waals surface area (Å²) < 4.78 is 7.77. The molecular weight excluding hydrogens is 272 g/mol. The van der Waals surface area contributed by atoms with E-state index in [9.17, 15) is 0 Å². The van der Waals surface area contributed by atoms with Crippen LogP contribution in [0.1, 0.15) is 12.6 Å². The zero-order valence-corrected chi connectivity index (χ0v) is 12.0. The largest absolute Gasteiger partial charge is 0.487 e. The van der Waals surface area contributed by atoms with Crippen molar-refractivity contribution < 1.29 is 4.74 Å². The van der Waals surface area contributed by atoms with Gasteiger partial charge in [-0.05, 0) is 37.3 Å². The average Bonchev–Trinajstić information content (AvgIpc) is 2.85. The lowest BCUT2D eigenvalue weighted by molar-refractivity contribution is 0.301. The fraction of sp³-hybridized carbons (Fsp3) is 0.188. The second kappa shape index (κ2) is 5.55. The molecule has 0 aliphatic carbocycles. The maximum absolute atomic E-state index is 5.86. The van der Waals surface area contributed by atoms with Crippen LogP contribution >= 0.6 is 11.6 Å². The molecule has 3 nitrogen and oxygen atoms in total. The van der Waals surface area contributed by atoms with E-state index < -0.39 is 0 Å². The van der Waals surface area contributed by atoms with E-state index in [0.29, 0.717) is 11.6 Å². The van der Waals surface area contributed by atoms with Gasteiger partial charge in [-0.2, -0.15) is 5.10 Å². The van der Waals surface area contributed by atoms with E-state index >= 15 is 0 Å². The second-order valence-electron chi connectivity index (χ2n) is 4.52. The number of hydrogen-bond acceptors (Lipinski definition) is 2. The van der Waals surface area contributed by atoms with Crippen LogP contribution in [0.15, 0.2) is 48.5 Å². The van der Waals surface area contributed by atoms with Crippen molar-refractivity contribution in [3.05, 3.63) is 59.2 Å². The fourth-order valence-electron chi connectivity index (χ4n) is 2.23. The van der Waals surface area contributed by atoms with E-state index in [1.165, 1.54) is 0 Å². The lowest BCUT2D eigenvalue weighted by Crippen LogP contribution is -2.00. The number of halogens is 1. The molecule has 0 unspecified atom stereocenters. The highest BCUT2D eigenvalue weighted by atomic mass is 35.5. The van der Waals surface area contributed by atoms with Crippen LogP contribution < -0.4 is 4.74 Å². The minimum Gasteiger partial charge on any atom is -0.487 e. The Labute approximate surface area is 122 Å². The van der Waals surface area contributed by atoms with Crippen molar-refractivity contribution in [3.63, 3.8) is 0 Å². The molecule has 0 bridgehead atoms. The second-order valence-corrected chi connectivity index (χ2v) is 4.96. The Kier molecular flexibility index (Phi) is 3.61. The molecule has 0 spiro atoms. The van der Waals surface area contributed by atoms with E-state index in [-0.39, 0.29) is 0 Å². The zero-order valence-electron chi connectivity index (χ0n) is 11.2. The zero-order chi connectivity index (χ0) is 13.9. The van der Waals surface area contributed by atoms with Crippen molar-refractivity contribution in [2.24, 2.45) is 0 Å². The first-order valence-electron chi connectivity index (χ1n) is 6.60. The number of fused-ring (bicyclic) bond motifs is 1. The number of ether oxygens (including phenoxy) is 1. The van der Waals surface area contributed by atoms with Crippen LogP contribution in [0.25, 0.3) is 10.9 Å². The molecule has 0 aliphatic heterocycles. The standard InChI is InChI=1S/C16H15ClN2O/c1-2-19-16-6-4-3-5-14(16)15(18-19)11-20-13-9-7-12(17)8-10-13/h3-10H,2,11H2,1H3. The Balaban J connectivity index is 1.85. The highest BCUT2D eigenvalue weighted by molar-refractivity contribution is 6.30. The average molecular weight is 287 g/mol. The number of para-hydroxylation sites is 1. The molecule has 0 saturated heterocycles. The third-order valence-corrected chi connectivity index (χ3v) is 3.48. The third kappa shape index (κ3) is 2.49. The van der Waals surface area contributed by atoms with Crippen molar-refractivity contribution in [2.45, 2.75) is 20.1 Å². The normalized spacial score (nSPS) is 10.9. The van der Waals surface area contributed by atoms with Crippen molar-refractivity contribution in [2.75, 3.05) is 0 Å². The minimum atomic E-state index is 0.454. The molecule has 3 rings (SSSR count). The van der Waals surface area contributed by atoms with E-state index in [4.69, 9.17) is 16.3 Å². The number of benzene rings is 2. The first-order valence-corrected chi connectivity index (χ1v) is 6.98. The molecule has 0 N–H and O–H groups in total. The quantitative estimate of drug-likeness (QED) is 0.715. The van der Waals surface area contributed by atoms with E-state index in [1.54, 1.807) is 0 Å². The van der Waals surface area contributed by atoms with Gasteiger partial charge in [0, 0.05) is 17.0 Å². The Hall–Kier alpha value is -2.00. The first kappa shape index (κ1) is 13.0. The van der Waals surface area contributed by atoms with Gasteiger partial charge >= 0.3 is 0 Å². The molecule has 0 fully saturated rings. The summed E-state index contributed by atoms with van der Waals surface area (Å²) in [5, 5.41) is 6.45. The van der Waals surface area contributed by atoms with E-state index in [2.05, 4.69) is 24.2 Å². The number of nitrogens with zero attached hydrogens (tertiary/aromatic N) is 2. The Morgan fingerprint density at radius 1 is 1.10 bits per heavy atom. The molecule has 1 aromatic heterocycles. The molecular formula is C16H15ClN2O. The van der Waals surface area contributed by atoms with Crippen molar-refractivity contribution in [1.29, 1.82) is 0 Å². The van der Waals surface area contributed by atoms with Gasteiger partial charge in [0.2, 0.25) is 0 Å². The molecule has 4 heteroatoms. The Morgan fingerprint density at radius 3 is 2.60 bits per heavy atom. The summed E-state index contributed by atoms with van der Waals surface area (Å²) in [6, 6.07) is 15.6. The van der Waals surface area contributed by atoms with Gasteiger partial charge in [0.15, 0.2) is 0 Å². The lowest BCUT2D eigenvalue weighted by atomic mass is 10.2. The number of rotatable bonds is 4. The summed E-state index contributed by atoms with van der Waals surface area (Å²) >= 11 is 5.86. The highest BCUT2D eigenvalue weighted by Gasteiger charge is 2.09. The number of aromatic nitrogens is 2. The van der Waals surface area contributed by atoms with Crippen molar-refractivity contribution >= 4 is 22.5 Å². The molecule has 0 saturated carbocycles. The summed E-state index contributed by atoms with van der Waals surface area (Å²) in [5.41, 5.74) is 2.10. The summed E-state index contributed by atoms with van der Waals surface area (Å²) in [6.45, 7) is 3.39. The summed E-state index contributed by atoms with van der Waals surface area (Å²) in [7, 11) is 0. The van der Waals surface area contributed by atoms with Gasteiger partial charge < -0.3 is 4.74 Å². The first-order chi connectivity index (χ1) is 9.78. The Morgan fingerprint density at radius 2 is 1.85 bits per heavy atom. The molecule has 0 atom stereocenters. The molecule has 0 aliphatic rings. The van der Waals surface area contributed by atoms with Crippen LogP contribution in [0.5, 0.6) is 5.75 Å². The Bertz CT molecular complexity index is 719. The molecule has 3 aromatic rings. The van der Waals surface area contributed by atoms with Gasteiger partial charge in [0.1, 0.15) is 18.1 Å². The van der Waals surface area contributed by atoms with Gasteiger partial charge in [-0.1, -0.05) is 29.8 Å². The molecule has 1 heterocycles. The summed E-state index contributed by atoms with van der Waals surface area (Å²) in [6.07, 6.45) is 0. The topological polar surface area (TPSA) is 27.1 Å². The summed E-state index contributed by atoms with van der Waals surface area (Å²) in [4.78, 5) is 0. The van der Waals surface area contributed by atoms with Gasteiger partial charge in [-0.15, -0.1) is 0 Å². The SMILES string of the molecule is CCn1nc(COc2ccc(Cl)cc2)c2ccccc21. The molecule has 20 heavy (non-hydrogen) atoms. The van der Waals surface area contributed by atoms with E-state index in [0.717, 1.165) is 28.9 Å². The number of hydrogen-bond donors (Lipinski definition) is 0. The van der Waals surface area contributed by atoms with Crippen LogP contribution in [0.4, 0.5) is 0 Å². The van der Waals surface area contributed by atoms with Crippen LogP contribution in [-0.2, 0) is 13.2 Å². The van der Waals surface area contributed by atoms with Crippen LogP contribution in [0.3, 0.4) is 0 Å². The lowest BCUT2D eigenvalue weighted by Gasteiger charge is -2.04. The predicted octanol–water partition coefficient (Wildman–Crippen LogP) is 4.29. The third-order valence-electron chi connectivity index (χ3n) is 3.22. The van der Waals surface area contributed by atoms with Crippen LogP contribution in [-0.4, -0.2) is 9.78 Å². The monoisotopic (exact) mass is 286 g/mol. The molecule has 0 radical (unpaired) electrons. The fourth-order valence-corrected chi connectivity index (χ4v) is 2.35. The van der Waals surface area contributed by atoms with Gasteiger partial charge in [-0.25, -0.2) is 0 Å².